The van der Waals surface area contributed by atoms with Crippen molar-refractivity contribution < 1.29 is 8.42 Å². The predicted octanol–water partition coefficient (Wildman–Crippen LogP) is 0.374. The zero-order valence-corrected chi connectivity index (χ0v) is 11.8. The minimum atomic E-state index is -2.90. The molecule has 0 saturated carbocycles. The normalized spacial score (nSPS) is 15.5. The second-order valence-corrected chi connectivity index (χ2v) is 6.92. The average molecular weight is 261 g/mol. The third-order valence-electron chi connectivity index (χ3n) is 2.86. The van der Waals surface area contributed by atoms with Crippen molar-refractivity contribution >= 4 is 9.84 Å². The number of hydrogen-bond acceptors (Lipinski definition) is 5. The third kappa shape index (κ3) is 8.13. The van der Waals surface area contributed by atoms with E-state index < -0.39 is 15.4 Å². The van der Waals surface area contributed by atoms with Crippen molar-refractivity contribution in [2.24, 2.45) is 5.73 Å². The first kappa shape index (κ1) is 16.4. The molecule has 0 rings (SSSR count). The van der Waals surface area contributed by atoms with E-state index in [4.69, 9.17) is 11.0 Å². The van der Waals surface area contributed by atoms with Crippen LogP contribution in [-0.2, 0) is 9.84 Å². The lowest BCUT2D eigenvalue weighted by atomic mass is 9.93. The molecular formula is C11H23N3O2S. The molecule has 0 amide bonds. The van der Waals surface area contributed by atoms with Crippen molar-refractivity contribution in [3.63, 3.8) is 0 Å². The second-order valence-electron chi connectivity index (χ2n) is 4.66. The van der Waals surface area contributed by atoms with Crippen LogP contribution in [0.25, 0.3) is 0 Å². The molecule has 0 fully saturated rings. The van der Waals surface area contributed by atoms with Gasteiger partial charge in [0.15, 0.2) is 0 Å². The highest BCUT2D eigenvalue weighted by molar-refractivity contribution is 7.90. The van der Waals surface area contributed by atoms with E-state index >= 15 is 0 Å². The number of nitriles is 1. The topological polar surface area (TPSA) is 87.2 Å². The van der Waals surface area contributed by atoms with Gasteiger partial charge in [-0.25, -0.2) is 8.42 Å². The van der Waals surface area contributed by atoms with Gasteiger partial charge >= 0.3 is 0 Å². The first-order valence-electron chi connectivity index (χ1n) is 5.79. The Morgan fingerprint density at radius 1 is 1.41 bits per heavy atom. The molecule has 0 aromatic heterocycles. The van der Waals surface area contributed by atoms with Crippen LogP contribution >= 0.6 is 0 Å². The lowest BCUT2D eigenvalue weighted by Crippen LogP contribution is -2.38. The van der Waals surface area contributed by atoms with Crippen LogP contribution in [0.5, 0.6) is 0 Å². The highest BCUT2D eigenvalue weighted by Crippen LogP contribution is 2.12. The maximum atomic E-state index is 11.0. The van der Waals surface area contributed by atoms with Gasteiger partial charge < -0.3 is 10.6 Å². The summed E-state index contributed by atoms with van der Waals surface area (Å²) in [4.78, 5) is 1.95. The molecule has 0 aromatic carbocycles. The number of hydrogen-bond donors (Lipinski definition) is 1. The molecule has 5 nitrogen and oxygen atoms in total. The minimum absolute atomic E-state index is 0.170. The van der Waals surface area contributed by atoms with Crippen LogP contribution in [0.3, 0.4) is 0 Å². The first-order chi connectivity index (χ1) is 7.72. The lowest BCUT2D eigenvalue weighted by molar-refractivity contribution is 0.326. The molecule has 0 radical (unpaired) electrons. The van der Waals surface area contributed by atoms with E-state index in [0.717, 1.165) is 13.0 Å². The first-order valence-corrected chi connectivity index (χ1v) is 7.85. The summed E-state index contributed by atoms with van der Waals surface area (Å²) in [5.74, 6) is 0.170. The predicted molar refractivity (Wildman–Crippen MR) is 69.3 cm³/mol. The van der Waals surface area contributed by atoms with Crippen LogP contribution in [0.2, 0.25) is 0 Å². The number of sulfone groups is 1. The van der Waals surface area contributed by atoms with Gasteiger partial charge in [0.25, 0.3) is 0 Å². The molecule has 0 aromatic rings. The monoisotopic (exact) mass is 261 g/mol. The van der Waals surface area contributed by atoms with E-state index in [-0.39, 0.29) is 5.75 Å². The van der Waals surface area contributed by atoms with Gasteiger partial charge in [-0.3, -0.25) is 0 Å². The Kier molecular flexibility index (Phi) is 6.68. The van der Waals surface area contributed by atoms with Gasteiger partial charge in [-0.1, -0.05) is 6.92 Å². The van der Waals surface area contributed by atoms with Crippen molar-refractivity contribution in [2.45, 2.75) is 31.7 Å². The number of nitrogens with zero attached hydrogens (tertiary/aromatic N) is 2. The van der Waals surface area contributed by atoms with Crippen molar-refractivity contribution in [1.29, 1.82) is 5.26 Å². The van der Waals surface area contributed by atoms with Crippen molar-refractivity contribution in [1.82, 2.24) is 4.90 Å². The summed E-state index contributed by atoms with van der Waals surface area (Å²) in [6.07, 6.45) is 3.32. The molecule has 0 aliphatic carbocycles. The second kappa shape index (κ2) is 6.94. The fourth-order valence-electron chi connectivity index (χ4n) is 1.41. The van der Waals surface area contributed by atoms with Gasteiger partial charge in [0.2, 0.25) is 0 Å². The highest BCUT2D eigenvalue weighted by atomic mass is 32.2. The maximum Gasteiger partial charge on any atom is 0.148 e. The number of nitrogens with two attached hydrogens (primary N) is 1. The average Bonchev–Trinajstić information content (AvgIpc) is 2.25. The molecule has 0 heterocycles. The zero-order valence-electron chi connectivity index (χ0n) is 10.9. The molecule has 1 unspecified atom stereocenters. The van der Waals surface area contributed by atoms with E-state index in [2.05, 4.69) is 6.07 Å². The van der Waals surface area contributed by atoms with Crippen molar-refractivity contribution in [3.8, 4) is 6.07 Å². The standard InChI is InChI=1S/C11H23N3O2S/c1-4-11(13,10-12)6-5-7-14(2)8-9-17(3,15)16/h4-9,13H2,1-3H3. The fraction of sp³-hybridized carbons (Fsp3) is 0.909. The number of rotatable bonds is 8. The van der Waals surface area contributed by atoms with Gasteiger partial charge in [-0.05, 0) is 32.9 Å². The third-order valence-corrected chi connectivity index (χ3v) is 3.78. The van der Waals surface area contributed by atoms with E-state index in [0.29, 0.717) is 19.4 Å². The van der Waals surface area contributed by atoms with Crippen LogP contribution < -0.4 is 5.73 Å². The van der Waals surface area contributed by atoms with Crippen LogP contribution in [0.15, 0.2) is 0 Å². The molecule has 0 aliphatic heterocycles. The maximum absolute atomic E-state index is 11.0. The molecule has 100 valence electrons. The summed E-state index contributed by atoms with van der Waals surface area (Å²) in [7, 11) is -1.02. The van der Waals surface area contributed by atoms with Crippen molar-refractivity contribution in [3.05, 3.63) is 0 Å². The molecular weight excluding hydrogens is 238 g/mol. The molecule has 0 spiro atoms. The van der Waals surface area contributed by atoms with Crippen LogP contribution in [0.4, 0.5) is 0 Å². The molecule has 0 bridgehead atoms. The Morgan fingerprint density at radius 3 is 2.41 bits per heavy atom. The summed E-state index contributed by atoms with van der Waals surface area (Å²) in [6, 6.07) is 2.12. The smallest absolute Gasteiger partial charge is 0.148 e. The molecule has 17 heavy (non-hydrogen) atoms. The van der Waals surface area contributed by atoms with Gasteiger partial charge in [0, 0.05) is 12.8 Å². The molecule has 6 heteroatoms. The summed E-state index contributed by atoms with van der Waals surface area (Å²) in [5, 5.41) is 8.89. The van der Waals surface area contributed by atoms with E-state index in [9.17, 15) is 8.42 Å². The van der Waals surface area contributed by atoms with Crippen molar-refractivity contribution in [2.75, 3.05) is 32.1 Å². The van der Waals surface area contributed by atoms with E-state index in [1.165, 1.54) is 6.26 Å². The van der Waals surface area contributed by atoms with Gasteiger partial charge in [-0.15, -0.1) is 0 Å². The summed E-state index contributed by atoms with van der Waals surface area (Å²) >= 11 is 0. The van der Waals surface area contributed by atoms with Crippen LogP contribution in [0.1, 0.15) is 26.2 Å². The van der Waals surface area contributed by atoms with Gasteiger partial charge in [-0.2, -0.15) is 5.26 Å². The molecule has 0 saturated heterocycles. The molecule has 1 atom stereocenters. The van der Waals surface area contributed by atoms with E-state index in [1.54, 1.807) is 0 Å². The molecule has 0 aliphatic rings. The Hall–Kier alpha value is -0.640. The largest absolute Gasteiger partial charge is 0.313 e. The zero-order chi connectivity index (χ0) is 13.5. The Bertz CT molecular complexity index is 361. The quantitative estimate of drug-likeness (QED) is 0.682. The Labute approximate surface area is 105 Å². The fourth-order valence-corrected chi connectivity index (χ4v) is 2.05. The Morgan fingerprint density at radius 2 is 2.00 bits per heavy atom. The lowest BCUT2D eigenvalue weighted by Gasteiger charge is -2.21. The Balaban J connectivity index is 3.87. The van der Waals surface area contributed by atoms with Gasteiger partial charge in [0.05, 0.1) is 11.8 Å². The van der Waals surface area contributed by atoms with Crippen LogP contribution in [0, 0.1) is 11.3 Å². The highest BCUT2D eigenvalue weighted by Gasteiger charge is 2.21. The van der Waals surface area contributed by atoms with Crippen LogP contribution in [-0.4, -0.2) is 51.0 Å². The molecule has 2 N–H and O–H groups in total. The SMILES string of the molecule is CCC(N)(C#N)CCCN(C)CCS(C)(=O)=O. The summed E-state index contributed by atoms with van der Waals surface area (Å²) in [6.45, 7) is 3.18. The van der Waals surface area contributed by atoms with E-state index in [1.807, 2.05) is 18.9 Å². The van der Waals surface area contributed by atoms with Gasteiger partial charge in [0.1, 0.15) is 15.4 Å². The summed E-state index contributed by atoms with van der Waals surface area (Å²) in [5.41, 5.74) is 5.11. The summed E-state index contributed by atoms with van der Waals surface area (Å²) < 4.78 is 21.9. The minimum Gasteiger partial charge on any atom is -0.313 e.